The average molecular weight is 493 g/mol. The van der Waals surface area contributed by atoms with Gasteiger partial charge in [-0.1, -0.05) is 30.3 Å². The van der Waals surface area contributed by atoms with Crippen molar-refractivity contribution in [3.63, 3.8) is 0 Å². The molecule has 7 nitrogen and oxygen atoms in total. The molecular weight excluding hydrogens is 468 g/mol. The molecule has 170 valence electrons. The maximum atomic E-state index is 12.4. The highest BCUT2D eigenvalue weighted by atomic mass is 32.2. The number of carbonyl (C=O) groups excluding carboxylic acids is 1. The molecule has 10 heteroatoms. The third-order valence-corrected chi connectivity index (χ3v) is 7.85. The molecule has 0 aliphatic carbocycles. The Labute approximate surface area is 192 Å². The van der Waals surface area contributed by atoms with Crippen molar-refractivity contribution in [2.24, 2.45) is 0 Å². The third-order valence-electron chi connectivity index (χ3n) is 4.58. The summed E-state index contributed by atoms with van der Waals surface area (Å²) in [6.45, 7) is 0.566. The van der Waals surface area contributed by atoms with Gasteiger partial charge in [-0.2, -0.15) is 0 Å². The average Bonchev–Trinajstić information content (AvgIpc) is 3.25. The predicted molar refractivity (Wildman–Crippen MR) is 126 cm³/mol. The summed E-state index contributed by atoms with van der Waals surface area (Å²) in [6.07, 6.45) is 1.80. The zero-order valence-corrected chi connectivity index (χ0v) is 19.9. The Morgan fingerprint density at radius 1 is 0.906 bits per heavy atom. The Bertz CT molecular complexity index is 1250. The number of sulfonamides is 1. The Balaban J connectivity index is 1.53. The molecule has 2 aromatic carbocycles. The smallest absolute Gasteiger partial charge is 0.251 e. The lowest BCUT2D eigenvalue weighted by atomic mass is 10.1. The van der Waals surface area contributed by atoms with E-state index in [0.29, 0.717) is 24.1 Å². The number of thiophene rings is 1. The van der Waals surface area contributed by atoms with E-state index < -0.39 is 19.9 Å². The molecule has 1 aromatic heterocycles. The van der Waals surface area contributed by atoms with Gasteiger partial charge in [-0.3, -0.25) is 4.79 Å². The highest BCUT2D eigenvalue weighted by Gasteiger charge is 2.15. The van der Waals surface area contributed by atoms with Crippen LogP contribution in [0.4, 0.5) is 0 Å². The lowest BCUT2D eigenvalue weighted by Gasteiger charge is -2.09. The first-order valence-electron chi connectivity index (χ1n) is 9.78. The van der Waals surface area contributed by atoms with Crippen molar-refractivity contribution in [2.75, 3.05) is 12.8 Å². The first-order chi connectivity index (χ1) is 15.1. The van der Waals surface area contributed by atoms with Crippen LogP contribution in [0.15, 0.2) is 70.9 Å². The first kappa shape index (κ1) is 24.1. The van der Waals surface area contributed by atoms with Gasteiger partial charge in [0.25, 0.3) is 5.91 Å². The van der Waals surface area contributed by atoms with Crippen molar-refractivity contribution in [2.45, 2.75) is 23.6 Å². The summed E-state index contributed by atoms with van der Waals surface area (Å²) >= 11 is 1.58. The fourth-order valence-corrected chi connectivity index (χ4v) is 5.51. The van der Waals surface area contributed by atoms with Gasteiger partial charge in [0.1, 0.15) is 0 Å². The van der Waals surface area contributed by atoms with E-state index in [2.05, 4.69) is 10.0 Å². The molecular formula is C22H24N2O5S3. The van der Waals surface area contributed by atoms with Gasteiger partial charge in [0.05, 0.1) is 10.6 Å². The standard InChI is InChI=1S/C22H24N2O5S3/c1-31(26,27)16-18-6-4-17(5-7-18)15-23-22(25)19-8-10-21(11-9-19)32(28,29)24-13-12-20-3-2-14-30-20/h2-11,14,24H,12-13,15-16H2,1H3,(H,23,25). The second-order valence-electron chi connectivity index (χ2n) is 7.32. The summed E-state index contributed by atoms with van der Waals surface area (Å²) in [5, 5.41) is 4.72. The van der Waals surface area contributed by atoms with Crippen LogP contribution in [-0.4, -0.2) is 35.5 Å². The Hall–Kier alpha value is -2.53. The van der Waals surface area contributed by atoms with Crippen LogP contribution in [0.5, 0.6) is 0 Å². The highest BCUT2D eigenvalue weighted by Crippen LogP contribution is 2.13. The van der Waals surface area contributed by atoms with Gasteiger partial charge in [0, 0.05) is 29.8 Å². The molecule has 0 unspecified atom stereocenters. The summed E-state index contributed by atoms with van der Waals surface area (Å²) < 4.78 is 50.1. The molecule has 32 heavy (non-hydrogen) atoms. The normalized spacial score (nSPS) is 11.9. The molecule has 1 heterocycles. The summed E-state index contributed by atoms with van der Waals surface area (Å²) in [4.78, 5) is 13.6. The summed E-state index contributed by atoms with van der Waals surface area (Å²) in [5.74, 6) is -0.363. The molecule has 3 aromatic rings. The minimum atomic E-state index is -3.65. The number of carbonyl (C=O) groups is 1. The fraction of sp³-hybridized carbons (Fsp3) is 0.227. The van der Waals surface area contributed by atoms with Crippen LogP contribution in [0.1, 0.15) is 26.4 Å². The van der Waals surface area contributed by atoms with Gasteiger partial charge in [-0.15, -0.1) is 11.3 Å². The third kappa shape index (κ3) is 7.27. The largest absolute Gasteiger partial charge is 0.348 e. The van der Waals surface area contributed by atoms with Gasteiger partial charge in [-0.05, 0) is 53.3 Å². The van der Waals surface area contributed by atoms with Crippen molar-refractivity contribution in [1.82, 2.24) is 10.0 Å². The number of sulfone groups is 1. The Kier molecular flexibility index (Phi) is 7.83. The number of hydrogen-bond donors (Lipinski definition) is 2. The van der Waals surface area contributed by atoms with Crippen molar-refractivity contribution in [3.8, 4) is 0 Å². The first-order valence-corrected chi connectivity index (χ1v) is 14.2. The van der Waals surface area contributed by atoms with Gasteiger partial charge < -0.3 is 5.32 Å². The van der Waals surface area contributed by atoms with Crippen LogP contribution in [0.3, 0.4) is 0 Å². The molecule has 0 atom stereocenters. The molecule has 3 rings (SSSR count). The second-order valence-corrected chi connectivity index (χ2v) is 12.3. The van der Waals surface area contributed by atoms with Crippen LogP contribution < -0.4 is 10.0 Å². The van der Waals surface area contributed by atoms with Crippen molar-refractivity contribution in [1.29, 1.82) is 0 Å². The van der Waals surface area contributed by atoms with Crippen LogP contribution in [0, 0.1) is 0 Å². The maximum Gasteiger partial charge on any atom is 0.251 e. The van der Waals surface area contributed by atoms with E-state index in [1.807, 2.05) is 17.5 Å². The fourth-order valence-electron chi connectivity index (χ4n) is 2.97. The number of nitrogens with one attached hydrogen (secondary N) is 2. The van der Waals surface area contributed by atoms with E-state index in [4.69, 9.17) is 0 Å². The van der Waals surface area contributed by atoms with Crippen LogP contribution >= 0.6 is 11.3 Å². The number of hydrogen-bond acceptors (Lipinski definition) is 6. The van der Waals surface area contributed by atoms with Crippen LogP contribution in [0.25, 0.3) is 0 Å². The molecule has 0 saturated heterocycles. The van der Waals surface area contributed by atoms with E-state index in [-0.39, 0.29) is 23.1 Å². The lowest BCUT2D eigenvalue weighted by Crippen LogP contribution is -2.26. The summed E-state index contributed by atoms with van der Waals surface area (Å²) in [7, 11) is -6.75. The topological polar surface area (TPSA) is 109 Å². The van der Waals surface area contributed by atoms with Gasteiger partial charge in [0.15, 0.2) is 9.84 Å². The van der Waals surface area contributed by atoms with Crippen LogP contribution in [0.2, 0.25) is 0 Å². The van der Waals surface area contributed by atoms with E-state index in [9.17, 15) is 21.6 Å². The Morgan fingerprint density at radius 2 is 1.56 bits per heavy atom. The molecule has 0 aliphatic heterocycles. The molecule has 0 aliphatic rings. The number of benzene rings is 2. The van der Waals surface area contributed by atoms with Crippen molar-refractivity contribution >= 4 is 37.1 Å². The molecule has 2 N–H and O–H groups in total. The molecule has 0 fully saturated rings. The molecule has 1 amide bonds. The van der Waals surface area contributed by atoms with Crippen LogP contribution in [-0.2, 0) is 38.6 Å². The monoisotopic (exact) mass is 492 g/mol. The number of amides is 1. The van der Waals surface area contributed by atoms with Crippen molar-refractivity contribution in [3.05, 3.63) is 87.6 Å². The molecule has 0 bridgehead atoms. The predicted octanol–water partition coefficient (Wildman–Crippen LogP) is 2.74. The molecule has 0 saturated carbocycles. The zero-order chi connectivity index (χ0) is 23.2. The molecule has 0 radical (unpaired) electrons. The second kappa shape index (κ2) is 10.4. The van der Waals surface area contributed by atoms with Gasteiger partial charge in [-0.25, -0.2) is 21.6 Å². The Morgan fingerprint density at radius 3 is 2.16 bits per heavy atom. The van der Waals surface area contributed by atoms with Gasteiger partial charge >= 0.3 is 0 Å². The lowest BCUT2D eigenvalue weighted by molar-refractivity contribution is 0.0951. The van der Waals surface area contributed by atoms with E-state index in [0.717, 1.165) is 10.4 Å². The molecule has 0 spiro atoms. The van der Waals surface area contributed by atoms with Crippen molar-refractivity contribution < 1.29 is 21.6 Å². The number of rotatable bonds is 10. The minimum absolute atomic E-state index is 0.0300. The quantitative estimate of drug-likeness (QED) is 0.452. The SMILES string of the molecule is CS(=O)(=O)Cc1ccc(CNC(=O)c2ccc(S(=O)(=O)NCCc3cccs3)cc2)cc1. The minimum Gasteiger partial charge on any atom is -0.348 e. The van der Waals surface area contributed by atoms with E-state index in [1.54, 1.807) is 35.6 Å². The maximum absolute atomic E-state index is 12.4. The highest BCUT2D eigenvalue weighted by molar-refractivity contribution is 7.90. The van der Waals surface area contributed by atoms with Gasteiger partial charge in [0.2, 0.25) is 10.0 Å². The summed E-state index contributed by atoms with van der Waals surface area (Å²) in [5.41, 5.74) is 1.85. The van der Waals surface area contributed by atoms with E-state index >= 15 is 0 Å². The van der Waals surface area contributed by atoms with E-state index in [1.165, 1.54) is 30.5 Å². The summed E-state index contributed by atoms with van der Waals surface area (Å²) in [6, 6.07) is 16.6. The zero-order valence-electron chi connectivity index (χ0n) is 17.4.